The first-order valence-electron chi connectivity index (χ1n) is 16.0. The zero-order valence-electron chi connectivity index (χ0n) is 30.7. The molecule has 0 N–H and O–H groups in total. The van der Waals surface area contributed by atoms with Gasteiger partial charge >= 0.3 is 0 Å². The normalized spacial score (nSPS) is 19.5. The summed E-state index contributed by atoms with van der Waals surface area (Å²) in [5.74, 6) is 0. The second-order valence-corrected chi connectivity index (χ2v) is 56.2. The zero-order valence-corrected chi connectivity index (χ0v) is 37.7. The molecule has 1 heterocycles. The van der Waals surface area contributed by atoms with E-state index < -0.39 is 56.8 Å². The van der Waals surface area contributed by atoms with Gasteiger partial charge in [0.15, 0.2) is 8.32 Å². The van der Waals surface area contributed by atoms with E-state index in [1.807, 2.05) is 7.11 Å². The van der Waals surface area contributed by atoms with E-state index in [1.165, 1.54) is 0 Å². The molecule has 0 spiro atoms. The van der Waals surface area contributed by atoms with Gasteiger partial charge in [-0.15, -0.1) is 0 Å². The lowest BCUT2D eigenvalue weighted by atomic mass is 10.1. The molecule has 1 unspecified atom stereocenters. The fourth-order valence-electron chi connectivity index (χ4n) is 9.47. The van der Waals surface area contributed by atoms with E-state index in [9.17, 15) is 0 Å². The predicted octanol–water partition coefficient (Wildman–Crippen LogP) is 10.4. The summed E-state index contributed by atoms with van der Waals surface area (Å²) in [5.41, 5.74) is 7.66. The van der Waals surface area contributed by atoms with Crippen LogP contribution in [-0.2, 0) is 4.43 Å². The maximum Gasteiger partial charge on any atom is 0.186 e. The van der Waals surface area contributed by atoms with Crippen molar-refractivity contribution in [3.63, 3.8) is 0 Å². The summed E-state index contributed by atoms with van der Waals surface area (Å²) in [4.78, 5) is 0. The first-order valence-corrected chi connectivity index (χ1v) is 39.6. The second kappa shape index (κ2) is 12.1. The van der Waals surface area contributed by atoms with Gasteiger partial charge in [-0.05, 0) is 37.4 Å². The number of hydrogen-bond acceptors (Lipinski definition) is 1. The quantitative estimate of drug-likeness (QED) is 0.168. The van der Waals surface area contributed by atoms with E-state index in [0.717, 1.165) is 5.16 Å². The molecule has 2 rings (SSSR count). The highest BCUT2D eigenvalue weighted by Gasteiger charge is 2.49. The average molecular weight is 677 g/mol. The molecule has 1 aliphatic heterocycles. The molecule has 0 aromatic heterocycles. The summed E-state index contributed by atoms with van der Waals surface area (Å²) in [7, 11) is -9.80. The lowest BCUT2D eigenvalue weighted by Gasteiger charge is -2.49. The molecule has 0 radical (unpaired) electrons. The molecule has 234 valence electrons. The fraction of sp³-hybridized carbons (Fsp3) is 0.667. The van der Waals surface area contributed by atoms with E-state index in [-0.39, 0.29) is 0 Å². The van der Waals surface area contributed by atoms with Crippen molar-refractivity contribution in [2.24, 2.45) is 0 Å². The topological polar surface area (TPSA) is 9.23 Å². The molecule has 0 fully saturated rings. The molecule has 41 heavy (non-hydrogen) atoms. The van der Waals surface area contributed by atoms with Crippen molar-refractivity contribution in [3.8, 4) is 0 Å². The predicted molar refractivity (Wildman–Crippen MR) is 210 cm³/mol. The Balaban J connectivity index is 3.41. The molecular weight excluding hydrogens is 609 g/mol. The van der Waals surface area contributed by atoms with Crippen LogP contribution >= 0.6 is 0 Å². The van der Waals surface area contributed by atoms with Crippen LogP contribution in [0.1, 0.15) is 32.2 Å². The summed E-state index contributed by atoms with van der Waals surface area (Å²) in [6, 6.07) is 8.14. The summed E-state index contributed by atoms with van der Waals surface area (Å²) >= 11 is 0. The molecule has 1 aromatic rings. The molecule has 8 heteroatoms. The monoisotopic (exact) mass is 675 g/mol. The summed E-state index contributed by atoms with van der Waals surface area (Å²) in [5, 5.41) is 3.77. The van der Waals surface area contributed by atoms with Gasteiger partial charge in [0.05, 0.1) is 0 Å². The van der Waals surface area contributed by atoms with Gasteiger partial charge in [0, 0.05) is 55.6 Å². The first kappa shape index (κ1) is 37.2. The van der Waals surface area contributed by atoms with Gasteiger partial charge in [0.1, 0.15) is 0 Å². The van der Waals surface area contributed by atoms with E-state index in [4.69, 9.17) is 4.43 Å². The zero-order chi connectivity index (χ0) is 32.2. The van der Waals surface area contributed by atoms with Crippen molar-refractivity contribution in [3.05, 3.63) is 58.8 Å². The minimum Gasteiger partial charge on any atom is -0.424 e. The lowest BCUT2D eigenvalue weighted by Crippen LogP contribution is -2.60. The van der Waals surface area contributed by atoms with E-state index in [1.54, 1.807) is 21.9 Å². The van der Waals surface area contributed by atoms with Crippen molar-refractivity contribution in [2.75, 3.05) is 7.11 Å². The molecule has 1 aliphatic rings. The highest BCUT2D eigenvalue weighted by atomic mass is 28.4. The third kappa shape index (κ3) is 8.41. The largest absolute Gasteiger partial charge is 0.424 e. The Labute approximate surface area is 264 Å². The smallest absolute Gasteiger partial charge is 0.186 e. The number of rotatable bonds is 11. The van der Waals surface area contributed by atoms with Crippen LogP contribution in [0.4, 0.5) is 0 Å². The summed E-state index contributed by atoms with van der Waals surface area (Å²) in [6.45, 7) is 47.6. The first-order chi connectivity index (χ1) is 18.1. The van der Waals surface area contributed by atoms with Gasteiger partial charge in [-0.25, -0.2) is 12.2 Å². The molecule has 0 saturated heterocycles. The Morgan fingerprint density at radius 3 is 1.12 bits per heavy atom. The minimum absolute atomic E-state index is 0.684. The van der Waals surface area contributed by atoms with Gasteiger partial charge < -0.3 is 4.43 Å². The van der Waals surface area contributed by atoms with E-state index in [0.29, 0.717) is 10.3 Å². The van der Waals surface area contributed by atoms with E-state index in [2.05, 4.69) is 160 Å². The average Bonchev–Trinajstić information content (AvgIpc) is 2.67. The third-order valence-electron chi connectivity index (χ3n) is 9.01. The van der Waals surface area contributed by atoms with Gasteiger partial charge in [0.2, 0.25) is 0 Å². The van der Waals surface area contributed by atoms with Crippen LogP contribution in [0.3, 0.4) is 0 Å². The molecule has 1 nitrogen and oxygen atoms in total. The maximum absolute atomic E-state index is 6.86. The Bertz CT molecular complexity index is 1030. The van der Waals surface area contributed by atoms with Crippen LogP contribution in [0.2, 0.25) is 118 Å². The maximum atomic E-state index is 6.86. The number of hydrogen-bond donors (Lipinski definition) is 0. The van der Waals surface area contributed by atoms with Crippen LogP contribution in [0.5, 0.6) is 0 Å². The second-order valence-electron chi connectivity index (χ2n) is 19.5. The highest BCUT2D eigenvalue weighted by Crippen LogP contribution is 2.45. The van der Waals surface area contributed by atoms with Gasteiger partial charge in [-0.2, -0.15) is 12.1 Å². The number of benzene rings is 1. The van der Waals surface area contributed by atoms with Crippen LogP contribution in [0.25, 0.3) is 0 Å². The Morgan fingerprint density at radius 2 is 0.878 bits per heavy atom. The summed E-state index contributed by atoms with van der Waals surface area (Å²) < 4.78 is 6.86. The van der Waals surface area contributed by atoms with Crippen LogP contribution in [-0.4, -0.2) is 63.9 Å². The van der Waals surface area contributed by atoms with Crippen LogP contribution in [0, 0.1) is 6.04 Å². The van der Waals surface area contributed by atoms with Crippen molar-refractivity contribution < 1.29 is 4.43 Å². The fourth-order valence-corrected chi connectivity index (χ4v) is 51.3. The Morgan fingerprint density at radius 1 is 0.537 bits per heavy atom. The molecule has 0 bridgehead atoms. The standard InChI is InChI=1S/C33H67OSi7/c1-34-41(23-21-20-22-24-41)30-28(32(37(8,9)10)38(11,12)13)25-27(31(35(2,3)4)36(5,6)7)26-29(30)33(39(14,15)16)40(17,18)19/h20-26,31-33H,1-19H3/q-1. The van der Waals surface area contributed by atoms with Gasteiger partial charge in [-0.3, -0.25) is 0 Å². The molecule has 0 amide bonds. The molecular formula is C33H67OSi7-. The Kier molecular flexibility index (Phi) is 11.0. The third-order valence-corrected chi connectivity index (χ3v) is 40.3. The van der Waals surface area contributed by atoms with Gasteiger partial charge in [0.25, 0.3) is 0 Å². The Hall–Kier alpha value is 0.0482. The minimum atomic E-state index is -2.49. The van der Waals surface area contributed by atoms with Gasteiger partial charge in [-0.1, -0.05) is 136 Å². The van der Waals surface area contributed by atoms with Crippen molar-refractivity contribution in [2.45, 2.75) is 133 Å². The molecule has 0 saturated carbocycles. The van der Waals surface area contributed by atoms with Crippen molar-refractivity contribution >= 4 is 61.9 Å². The lowest BCUT2D eigenvalue weighted by molar-refractivity contribution is 0.421. The SMILES string of the molecule is CO[Si]1(c2c(C([Si](C)(C)C)[Si](C)(C)C)cc(C([Si](C)(C)C)[Si](C)(C)C)cc2C([Si](C)(C)C)[Si](C)(C)C)C=CC=C[CH-]1. The molecule has 0 aliphatic carbocycles. The van der Waals surface area contributed by atoms with Crippen LogP contribution in [0.15, 0.2) is 36.1 Å². The number of allylic oxidation sites excluding steroid dienone is 3. The molecule has 1 atom stereocenters. The van der Waals surface area contributed by atoms with Crippen molar-refractivity contribution in [1.82, 2.24) is 0 Å². The van der Waals surface area contributed by atoms with Crippen LogP contribution < -0.4 is 5.19 Å². The molecule has 1 aromatic carbocycles. The van der Waals surface area contributed by atoms with E-state index >= 15 is 0 Å². The summed E-state index contributed by atoms with van der Waals surface area (Å²) in [6.07, 6.45) is 6.79. The van der Waals surface area contributed by atoms with Crippen molar-refractivity contribution in [1.29, 1.82) is 0 Å². The highest BCUT2D eigenvalue weighted by molar-refractivity contribution is 7.00.